The molecule has 1 atom stereocenters. The number of benzene rings is 2. The normalized spacial score (nSPS) is 17.7. The Morgan fingerprint density at radius 3 is 2.61 bits per heavy atom. The minimum Gasteiger partial charge on any atom is -0.494 e. The Hall–Kier alpha value is -2.67. The van der Waals surface area contributed by atoms with E-state index < -0.39 is 0 Å². The summed E-state index contributed by atoms with van der Waals surface area (Å²) in [6.07, 6.45) is 4.53. The summed E-state index contributed by atoms with van der Waals surface area (Å²) in [6, 6.07) is 19.2. The van der Waals surface area contributed by atoms with Crippen molar-refractivity contribution in [2.45, 2.75) is 32.5 Å². The molecule has 1 aliphatic heterocycles. The number of aliphatic hydroxyl groups excluding tert-OH is 1. The second kappa shape index (κ2) is 10.6. The first-order valence-corrected chi connectivity index (χ1v) is 11.1. The standard InChI is InChI=1S/C25H32N4O2/c1-2-31-25-7-4-3-6-22(25)19-28-16-15-27(20-24(28)12-17-30)18-21-8-10-23(11-9-21)29-14-5-13-26-29/h3-11,13-14,24,30H,2,12,15-20H2,1H3/t24-/m1/s1. The zero-order chi connectivity index (χ0) is 21.5. The van der Waals surface area contributed by atoms with E-state index in [2.05, 4.69) is 51.3 Å². The molecule has 31 heavy (non-hydrogen) atoms. The van der Waals surface area contributed by atoms with Crippen LogP contribution in [-0.4, -0.2) is 63.6 Å². The van der Waals surface area contributed by atoms with Crippen molar-refractivity contribution >= 4 is 0 Å². The number of aliphatic hydroxyl groups is 1. The van der Waals surface area contributed by atoms with Crippen LogP contribution in [0, 0.1) is 0 Å². The molecule has 0 amide bonds. The first-order valence-electron chi connectivity index (χ1n) is 11.1. The van der Waals surface area contributed by atoms with Gasteiger partial charge in [-0.15, -0.1) is 0 Å². The van der Waals surface area contributed by atoms with Gasteiger partial charge in [-0.05, 0) is 43.2 Å². The SMILES string of the molecule is CCOc1ccccc1CN1CCN(Cc2ccc(-n3cccn3)cc2)C[C@H]1CCO. The molecule has 6 heteroatoms. The van der Waals surface area contributed by atoms with Crippen molar-refractivity contribution in [2.75, 3.05) is 32.8 Å². The highest BCUT2D eigenvalue weighted by atomic mass is 16.5. The number of aromatic nitrogens is 2. The van der Waals surface area contributed by atoms with E-state index in [-0.39, 0.29) is 6.61 Å². The Labute approximate surface area is 184 Å². The van der Waals surface area contributed by atoms with E-state index in [4.69, 9.17) is 4.74 Å². The Morgan fingerprint density at radius 2 is 1.87 bits per heavy atom. The highest BCUT2D eigenvalue weighted by Gasteiger charge is 2.27. The third-order valence-electron chi connectivity index (χ3n) is 5.91. The number of rotatable bonds is 9. The van der Waals surface area contributed by atoms with Crippen LogP contribution in [0.3, 0.4) is 0 Å². The van der Waals surface area contributed by atoms with Gasteiger partial charge >= 0.3 is 0 Å². The topological polar surface area (TPSA) is 53.8 Å². The maximum atomic E-state index is 9.66. The molecule has 164 valence electrons. The van der Waals surface area contributed by atoms with E-state index in [0.29, 0.717) is 12.6 Å². The van der Waals surface area contributed by atoms with Gasteiger partial charge in [0.2, 0.25) is 0 Å². The van der Waals surface area contributed by atoms with Crippen LogP contribution < -0.4 is 4.74 Å². The van der Waals surface area contributed by atoms with Gasteiger partial charge in [0.1, 0.15) is 5.75 Å². The summed E-state index contributed by atoms with van der Waals surface area (Å²) >= 11 is 0. The summed E-state index contributed by atoms with van der Waals surface area (Å²) in [7, 11) is 0. The molecule has 2 aromatic carbocycles. The lowest BCUT2D eigenvalue weighted by atomic mass is 10.1. The van der Waals surface area contributed by atoms with Gasteiger partial charge in [-0.2, -0.15) is 5.10 Å². The Bertz CT molecular complexity index is 927. The van der Waals surface area contributed by atoms with Gasteiger partial charge in [-0.25, -0.2) is 4.68 Å². The third kappa shape index (κ3) is 5.53. The molecule has 0 radical (unpaired) electrons. The fraction of sp³-hybridized carbons (Fsp3) is 0.400. The Balaban J connectivity index is 1.39. The van der Waals surface area contributed by atoms with Crippen LogP contribution in [0.2, 0.25) is 0 Å². The van der Waals surface area contributed by atoms with Crippen molar-refractivity contribution < 1.29 is 9.84 Å². The maximum absolute atomic E-state index is 9.66. The van der Waals surface area contributed by atoms with E-state index in [0.717, 1.165) is 50.6 Å². The molecule has 1 saturated heterocycles. The molecule has 2 heterocycles. The molecule has 0 saturated carbocycles. The molecule has 1 fully saturated rings. The van der Waals surface area contributed by atoms with Gasteiger partial charge in [0.05, 0.1) is 12.3 Å². The van der Waals surface area contributed by atoms with Gasteiger partial charge in [-0.3, -0.25) is 9.80 Å². The smallest absolute Gasteiger partial charge is 0.123 e. The van der Waals surface area contributed by atoms with E-state index in [1.54, 1.807) is 6.20 Å². The predicted molar refractivity (Wildman–Crippen MR) is 122 cm³/mol. The van der Waals surface area contributed by atoms with E-state index in [1.165, 1.54) is 11.1 Å². The second-order valence-corrected chi connectivity index (χ2v) is 8.03. The number of hydrogen-bond donors (Lipinski definition) is 1. The number of para-hydroxylation sites is 1. The van der Waals surface area contributed by atoms with Crippen LogP contribution in [0.25, 0.3) is 5.69 Å². The number of nitrogens with zero attached hydrogens (tertiary/aromatic N) is 4. The monoisotopic (exact) mass is 420 g/mol. The minimum absolute atomic E-state index is 0.209. The quantitative estimate of drug-likeness (QED) is 0.575. The van der Waals surface area contributed by atoms with Crippen molar-refractivity contribution in [3.63, 3.8) is 0 Å². The second-order valence-electron chi connectivity index (χ2n) is 8.03. The average Bonchev–Trinajstić information content (AvgIpc) is 3.33. The van der Waals surface area contributed by atoms with Crippen molar-refractivity contribution in [3.8, 4) is 11.4 Å². The fourth-order valence-corrected chi connectivity index (χ4v) is 4.32. The number of hydrogen-bond acceptors (Lipinski definition) is 5. The first kappa shape index (κ1) is 21.6. The zero-order valence-electron chi connectivity index (χ0n) is 18.2. The Kier molecular flexibility index (Phi) is 7.35. The van der Waals surface area contributed by atoms with Crippen molar-refractivity contribution in [1.29, 1.82) is 0 Å². The predicted octanol–water partition coefficient (Wildman–Crippen LogP) is 3.34. The number of piperazine rings is 1. The van der Waals surface area contributed by atoms with E-state index in [9.17, 15) is 5.11 Å². The molecule has 0 bridgehead atoms. The maximum Gasteiger partial charge on any atom is 0.123 e. The summed E-state index contributed by atoms with van der Waals surface area (Å²) in [6.45, 7) is 7.63. The molecular weight excluding hydrogens is 388 g/mol. The largest absolute Gasteiger partial charge is 0.494 e. The first-order chi connectivity index (χ1) is 15.3. The Morgan fingerprint density at radius 1 is 1.03 bits per heavy atom. The van der Waals surface area contributed by atoms with Crippen molar-refractivity contribution in [3.05, 3.63) is 78.1 Å². The van der Waals surface area contributed by atoms with Gasteiger partial charge in [0.15, 0.2) is 0 Å². The van der Waals surface area contributed by atoms with Gasteiger partial charge < -0.3 is 9.84 Å². The van der Waals surface area contributed by atoms with Gasteiger partial charge in [0, 0.05) is 63.3 Å². The molecule has 3 aromatic rings. The van der Waals surface area contributed by atoms with Crippen LogP contribution in [0.5, 0.6) is 5.75 Å². The molecular formula is C25H32N4O2. The molecule has 1 aromatic heterocycles. The summed E-state index contributed by atoms with van der Waals surface area (Å²) < 4.78 is 7.69. The zero-order valence-corrected chi connectivity index (χ0v) is 18.2. The molecule has 0 unspecified atom stereocenters. The van der Waals surface area contributed by atoms with Gasteiger partial charge in [0.25, 0.3) is 0 Å². The average molecular weight is 421 g/mol. The minimum atomic E-state index is 0.209. The lowest BCUT2D eigenvalue weighted by Crippen LogP contribution is -2.52. The number of ether oxygens (including phenoxy) is 1. The lowest BCUT2D eigenvalue weighted by molar-refractivity contribution is 0.0494. The fourth-order valence-electron chi connectivity index (χ4n) is 4.32. The van der Waals surface area contributed by atoms with Crippen LogP contribution in [0.15, 0.2) is 67.0 Å². The van der Waals surface area contributed by atoms with Crippen LogP contribution in [0.4, 0.5) is 0 Å². The molecule has 1 aliphatic rings. The van der Waals surface area contributed by atoms with Crippen molar-refractivity contribution in [2.24, 2.45) is 0 Å². The lowest BCUT2D eigenvalue weighted by Gasteiger charge is -2.41. The summed E-state index contributed by atoms with van der Waals surface area (Å²) in [5, 5.41) is 14.0. The van der Waals surface area contributed by atoms with Crippen LogP contribution in [0.1, 0.15) is 24.5 Å². The third-order valence-corrected chi connectivity index (χ3v) is 5.91. The summed E-state index contributed by atoms with van der Waals surface area (Å²) in [5.41, 5.74) is 3.59. The summed E-state index contributed by atoms with van der Waals surface area (Å²) in [5.74, 6) is 0.965. The molecule has 1 N–H and O–H groups in total. The highest BCUT2D eigenvalue weighted by molar-refractivity contribution is 5.34. The van der Waals surface area contributed by atoms with Crippen molar-refractivity contribution in [1.82, 2.24) is 19.6 Å². The van der Waals surface area contributed by atoms with E-state index in [1.807, 2.05) is 36.0 Å². The van der Waals surface area contributed by atoms with Gasteiger partial charge in [-0.1, -0.05) is 30.3 Å². The van der Waals surface area contributed by atoms with Crippen LogP contribution >= 0.6 is 0 Å². The van der Waals surface area contributed by atoms with Crippen LogP contribution in [-0.2, 0) is 13.1 Å². The summed E-state index contributed by atoms with van der Waals surface area (Å²) in [4.78, 5) is 4.99. The highest BCUT2D eigenvalue weighted by Crippen LogP contribution is 2.24. The molecule has 0 aliphatic carbocycles. The molecule has 4 rings (SSSR count). The molecule has 6 nitrogen and oxygen atoms in total. The van der Waals surface area contributed by atoms with E-state index >= 15 is 0 Å². The molecule has 0 spiro atoms.